The molecule has 0 atom stereocenters. The molecule has 0 saturated heterocycles. The molecule has 1 aliphatic carbocycles. The largest absolute Gasteiger partial charge is 0.323 e. The van der Waals surface area contributed by atoms with E-state index in [4.69, 9.17) is 0 Å². The molecule has 0 amide bonds. The molecule has 1 aliphatic rings. The van der Waals surface area contributed by atoms with Crippen molar-refractivity contribution in [3.8, 4) is 0 Å². The standard InChI is InChI=1S/C12H16.C2H7N/c1-2-10-7-8-11-5-3-4-6-12(11)9-10;1-3-2/h7-9H,2-6H2,1H3;3H,1-2H3. The first-order valence-corrected chi connectivity index (χ1v) is 6.01. The van der Waals surface area contributed by atoms with Crippen LogP contribution in [0.25, 0.3) is 0 Å². The molecule has 0 aliphatic heterocycles. The van der Waals surface area contributed by atoms with Crippen LogP contribution in [-0.4, -0.2) is 14.1 Å². The molecule has 0 unspecified atom stereocenters. The summed E-state index contributed by atoms with van der Waals surface area (Å²) < 4.78 is 0. The maximum atomic E-state index is 2.75. The van der Waals surface area contributed by atoms with E-state index in [9.17, 15) is 0 Å². The van der Waals surface area contributed by atoms with E-state index in [2.05, 4.69) is 30.4 Å². The number of benzene rings is 1. The van der Waals surface area contributed by atoms with Gasteiger partial charge in [0.15, 0.2) is 0 Å². The first-order valence-electron chi connectivity index (χ1n) is 6.01. The summed E-state index contributed by atoms with van der Waals surface area (Å²) in [5, 5.41) is 2.75. The Kier molecular flexibility index (Phi) is 5.41. The second-order valence-corrected chi connectivity index (χ2v) is 4.16. The molecular weight excluding hydrogens is 182 g/mol. The van der Waals surface area contributed by atoms with E-state index in [1.165, 1.54) is 37.7 Å². The van der Waals surface area contributed by atoms with Gasteiger partial charge in [0.25, 0.3) is 0 Å². The molecule has 15 heavy (non-hydrogen) atoms. The molecule has 1 aromatic rings. The van der Waals surface area contributed by atoms with E-state index < -0.39 is 0 Å². The quantitative estimate of drug-likeness (QED) is 0.743. The van der Waals surface area contributed by atoms with Crippen molar-refractivity contribution < 1.29 is 0 Å². The fraction of sp³-hybridized carbons (Fsp3) is 0.571. The Balaban J connectivity index is 0.000000337. The van der Waals surface area contributed by atoms with E-state index in [-0.39, 0.29) is 0 Å². The monoisotopic (exact) mass is 205 g/mol. The Morgan fingerprint density at radius 2 is 1.67 bits per heavy atom. The number of aryl methyl sites for hydroxylation is 3. The van der Waals surface area contributed by atoms with Crippen LogP contribution in [0.1, 0.15) is 36.5 Å². The molecule has 1 heteroatoms. The Morgan fingerprint density at radius 1 is 1.07 bits per heavy atom. The molecule has 0 bridgehead atoms. The Morgan fingerprint density at radius 3 is 2.27 bits per heavy atom. The SMILES string of the molecule is CCc1ccc2c(c1)CCCC2.CNC. The highest BCUT2D eigenvalue weighted by Crippen LogP contribution is 2.22. The van der Waals surface area contributed by atoms with Crippen LogP contribution in [0.2, 0.25) is 0 Å². The van der Waals surface area contributed by atoms with Crippen molar-refractivity contribution in [2.75, 3.05) is 14.1 Å². The summed E-state index contributed by atoms with van der Waals surface area (Å²) in [6, 6.07) is 7.01. The van der Waals surface area contributed by atoms with Crippen molar-refractivity contribution in [3.63, 3.8) is 0 Å². The highest BCUT2D eigenvalue weighted by atomic mass is 14.7. The Bertz CT molecular complexity index is 291. The third-order valence-corrected chi connectivity index (χ3v) is 2.82. The van der Waals surface area contributed by atoms with Crippen LogP contribution in [0.3, 0.4) is 0 Å². The van der Waals surface area contributed by atoms with Gasteiger partial charge in [-0.25, -0.2) is 0 Å². The zero-order valence-electron chi connectivity index (χ0n) is 10.3. The minimum absolute atomic E-state index is 1.17. The minimum Gasteiger partial charge on any atom is -0.323 e. The molecule has 0 radical (unpaired) electrons. The van der Waals surface area contributed by atoms with Crippen LogP contribution in [0.4, 0.5) is 0 Å². The van der Waals surface area contributed by atoms with E-state index in [1.807, 2.05) is 14.1 Å². The van der Waals surface area contributed by atoms with Crippen LogP contribution in [-0.2, 0) is 19.3 Å². The van der Waals surface area contributed by atoms with Crippen LogP contribution >= 0.6 is 0 Å². The van der Waals surface area contributed by atoms with Gasteiger partial charge in [0.1, 0.15) is 0 Å². The predicted molar refractivity (Wildman–Crippen MR) is 67.4 cm³/mol. The lowest BCUT2D eigenvalue weighted by Crippen LogP contribution is -2.02. The van der Waals surface area contributed by atoms with E-state index in [0.29, 0.717) is 0 Å². The second kappa shape index (κ2) is 6.62. The average Bonchev–Trinajstić information content (AvgIpc) is 2.29. The van der Waals surface area contributed by atoms with Crippen molar-refractivity contribution in [2.24, 2.45) is 0 Å². The molecule has 0 spiro atoms. The molecule has 0 fully saturated rings. The second-order valence-electron chi connectivity index (χ2n) is 4.16. The van der Waals surface area contributed by atoms with Gasteiger partial charge in [-0.3, -0.25) is 0 Å². The molecule has 1 nitrogen and oxygen atoms in total. The minimum atomic E-state index is 1.17. The van der Waals surface area contributed by atoms with Crippen LogP contribution < -0.4 is 5.32 Å². The summed E-state index contributed by atoms with van der Waals surface area (Å²) >= 11 is 0. The summed E-state index contributed by atoms with van der Waals surface area (Å²) in [7, 11) is 3.75. The summed E-state index contributed by atoms with van der Waals surface area (Å²) in [5.41, 5.74) is 4.70. The number of hydrogen-bond donors (Lipinski definition) is 1. The first kappa shape index (κ1) is 12.3. The van der Waals surface area contributed by atoms with Crippen molar-refractivity contribution in [2.45, 2.75) is 39.0 Å². The summed E-state index contributed by atoms with van der Waals surface area (Å²) in [6.07, 6.45) is 6.56. The van der Waals surface area contributed by atoms with Crippen molar-refractivity contribution in [3.05, 3.63) is 34.9 Å². The number of rotatable bonds is 1. The van der Waals surface area contributed by atoms with Crippen LogP contribution in [0.15, 0.2) is 18.2 Å². The Hall–Kier alpha value is -0.820. The fourth-order valence-electron chi connectivity index (χ4n) is 2.01. The van der Waals surface area contributed by atoms with Gasteiger partial charge in [-0.1, -0.05) is 25.1 Å². The van der Waals surface area contributed by atoms with Crippen molar-refractivity contribution in [1.29, 1.82) is 0 Å². The molecule has 0 heterocycles. The number of nitrogens with one attached hydrogen (secondary N) is 1. The lowest BCUT2D eigenvalue weighted by molar-refractivity contribution is 0.684. The van der Waals surface area contributed by atoms with Gasteiger partial charge in [0.2, 0.25) is 0 Å². The molecule has 0 aromatic heterocycles. The van der Waals surface area contributed by atoms with Gasteiger partial charge in [-0.2, -0.15) is 0 Å². The highest BCUT2D eigenvalue weighted by Gasteiger charge is 2.08. The Labute approximate surface area is 93.9 Å². The van der Waals surface area contributed by atoms with Crippen LogP contribution in [0.5, 0.6) is 0 Å². The third kappa shape index (κ3) is 3.67. The van der Waals surface area contributed by atoms with E-state index in [1.54, 1.807) is 11.1 Å². The molecule has 1 N–H and O–H groups in total. The van der Waals surface area contributed by atoms with Crippen molar-refractivity contribution in [1.82, 2.24) is 5.32 Å². The average molecular weight is 205 g/mol. The van der Waals surface area contributed by atoms with Crippen LogP contribution in [0, 0.1) is 0 Å². The lowest BCUT2D eigenvalue weighted by Gasteiger charge is -2.15. The predicted octanol–water partition coefficient (Wildman–Crippen LogP) is 2.96. The molecule has 0 saturated carbocycles. The molecule has 84 valence electrons. The zero-order chi connectivity index (χ0) is 11.1. The maximum absolute atomic E-state index is 2.75. The first-order chi connectivity index (χ1) is 7.31. The van der Waals surface area contributed by atoms with Gasteiger partial charge in [-0.15, -0.1) is 0 Å². The molecule has 1 aromatic carbocycles. The smallest absolute Gasteiger partial charge is 0.0167 e. The third-order valence-electron chi connectivity index (χ3n) is 2.82. The fourth-order valence-corrected chi connectivity index (χ4v) is 2.01. The van der Waals surface area contributed by atoms with Gasteiger partial charge < -0.3 is 5.32 Å². The normalized spacial score (nSPS) is 13.8. The van der Waals surface area contributed by atoms with Gasteiger partial charge >= 0.3 is 0 Å². The summed E-state index contributed by atoms with van der Waals surface area (Å²) in [4.78, 5) is 0. The van der Waals surface area contributed by atoms with E-state index >= 15 is 0 Å². The summed E-state index contributed by atoms with van der Waals surface area (Å²) in [6.45, 7) is 2.23. The van der Waals surface area contributed by atoms with Gasteiger partial charge in [0.05, 0.1) is 0 Å². The van der Waals surface area contributed by atoms with E-state index in [0.717, 1.165) is 0 Å². The maximum Gasteiger partial charge on any atom is -0.0167 e. The number of hydrogen-bond acceptors (Lipinski definition) is 1. The van der Waals surface area contributed by atoms with Gasteiger partial charge in [-0.05, 0) is 62.9 Å². The van der Waals surface area contributed by atoms with Gasteiger partial charge in [0, 0.05) is 0 Å². The number of fused-ring (bicyclic) bond motifs is 1. The molecular formula is C14H23N. The lowest BCUT2D eigenvalue weighted by atomic mass is 9.90. The van der Waals surface area contributed by atoms with Crippen molar-refractivity contribution >= 4 is 0 Å². The molecule has 2 rings (SSSR count). The zero-order valence-corrected chi connectivity index (χ0v) is 10.3. The topological polar surface area (TPSA) is 12.0 Å². The highest BCUT2D eigenvalue weighted by molar-refractivity contribution is 5.33. The summed E-state index contributed by atoms with van der Waals surface area (Å²) in [5.74, 6) is 0.